The lowest BCUT2D eigenvalue weighted by molar-refractivity contribution is -0.131. The summed E-state index contributed by atoms with van der Waals surface area (Å²) in [5.41, 5.74) is 3.89. The molecule has 3 rings (SSSR count). The molecule has 0 spiro atoms. The largest absolute Gasteiger partial charge is 0.464 e. The molecule has 0 bridgehead atoms. The standard InChI is InChI=1S/C19H23NO4S/c1-4-6-20(16-5-7-25(22,23)12-16)19(21)10-15-11-24-18-9-14(3)13(2)8-17(15)18/h4,8-9,11,16H,1,5-7,10,12H2,2-3H3. The molecule has 1 aliphatic rings. The Labute approximate surface area is 148 Å². The number of rotatable bonds is 5. The van der Waals surface area contributed by atoms with E-state index in [1.54, 1.807) is 17.2 Å². The highest BCUT2D eigenvalue weighted by molar-refractivity contribution is 7.91. The fourth-order valence-corrected chi connectivity index (χ4v) is 5.08. The number of sulfone groups is 1. The van der Waals surface area contributed by atoms with E-state index in [9.17, 15) is 13.2 Å². The van der Waals surface area contributed by atoms with E-state index in [1.807, 2.05) is 26.0 Å². The molecule has 1 amide bonds. The lowest BCUT2D eigenvalue weighted by Gasteiger charge is -2.27. The summed E-state index contributed by atoms with van der Waals surface area (Å²) in [7, 11) is -3.05. The number of hydrogen-bond donors (Lipinski definition) is 0. The van der Waals surface area contributed by atoms with Crippen molar-refractivity contribution in [3.8, 4) is 0 Å². The molecule has 1 unspecified atom stereocenters. The average molecular weight is 361 g/mol. The molecule has 1 fully saturated rings. The molecule has 1 aromatic carbocycles. The van der Waals surface area contributed by atoms with E-state index in [1.165, 1.54) is 0 Å². The van der Waals surface area contributed by atoms with Gasteiger partial charge in [-0.3, -0.25) is 4.79 Å². The number of fused-ring (bicyclic) bond motifs is 1. The third-order valence-electron chi connectivity index (χ3n) is 4.91. The smallest absolute Gasteiger partial charge is 0.227 e. The van der Waals surface area contributed by atoms with Gasteiger partial charge >= 0.3 is 0 Å². The van der Waals surface area contributed by atoms with Crippen molar-refractivity contribution in [1.82, 2.24) is 4.90 Å². The minimum Gasteiger partial charge on any atom is -0.464 e. The van der Waals surface area contributed by atoms with Crippen molar-refractivity contribution >= 4 is 26.7 Å². The second kappa shape index (κ2) is 6.67. The number of carbonyl (C=O) groups is 1. The molecule has 2 aromatic rings. The van der Waals surface area contributed by atoms with Gasteiger partial charge < -0.3 is 9.32 Å². The molecule has 0 aliphatic carbocycles. The Bertz CT molecular complexity index is 926. The van der Waals surface area contributed by atoms with Crippen LogP contribution in [0.25, 0.3) is 11.0 Å². The van der Waals surface area contributed by atoms with Gasteiger partial charge in [-0.1, -0.05) is 6.08 Å². The fourth-order valence-electron chi connectivity index (χ4n) is 3.35. The first-order valence-electron chi connectivity index (χ1n) is 8.39. The van der Waals surface area contributed by atoms with Crippen LogP contribution in [0.15, 0.2) is 35.5 Å². The number of amides is 1. The summed E-state index contributed by atoms with van der Waals surface area (Å²) in [4.78, 5) is 14.5. The number of aryl methyl sites for hydroxylation is 2. The Kier molecular flexibility index (Phi) is 4.73. The van der Waals surface area contributed by atoms with E-state index in [2.05, 4.69) is 6.58 Å². The first-order chi connectivity index (χ1) is 11.8. The molecule has 1 saturated heterocycles. The molecule has 5 nitrogen and oxygen atoms in total. The Hall–Kier alpha value is -2.08. The van der Waals surface area contributed by atoms with Crippen molar-refractivity contribution in [1.29, 1.82) is 0 Å². The van der Waals surface area contributed by atoms with Crippen LogP contribution in [0.1, 0.15) is 23.1 Å². The molecule has 1 atom stereocenters. The highest BCUT2D eigenvalue weighted by atomic mass is 32.2. The fraction of sp³-hybridized carbons (Fsp3) is 0.421. The average Bonchev–Trinajstić information content (AvgIpc) is 3.09. The van der Waals surface area contributed by atoms with Gasteiger partial charge in [0.2, 0.25) is 5.91 Å². The Morgan fingerprint density at radius 3 is 2.72 bits per heavy atom. The molecule has 1 aromatic heterocycles. The van der Waals surface area contributed by atoms with Gasteiger partial charge in [0.05, 0.1) is 24.2 Å². The van der Waals surface area contributed by atoms with Crippen LogP contribution in [0.3, 0.4) is 0 Å². The summed E-state index contributed by atoms with van der Waals surface area (Å²) in [5, 5.41) is 0.939. The Balaban J connectivity index is 1.84. The van der Waals surface area contributed by atoms with Crippen molar-refractivity contribution in [2.24, 2.45) is 0 Å². The minimum atomic E-state index is -3.05. The Morgan fingerprint density at radius 1 is 1.36 bits per heavy atom. The van der Waals surface area contributed by atoms with Crippen LogP contribution in [-0.2, 0) is 21.1 Å². The van der Waals surface area contributed by atoms with E-state index in [4.69, 9.17) is 4.42 Å². The van der Waals surface area contributed by atoms with Gasteiger partial charge in [-0.25, -0.2) is 8.42 Å². The van der Waals surface area contributed by atoms with Crippen molar-refractivity contribution < 1.29 is 17.6 Å². The molecule has 0 radical (unpaired) electrons. The maximum absolute atomic E-state index is 12.8. The van der Waals surface area contributed by atoms with E-state index in [0.29, 0.717) is 13.0 Å². The van der Waals surface area contributed by atoms with Crippen LogP contribution in [0.4, 0.5) is 0 Å². The van der Waals surface area contributed by atoms with E-state index < -0.39 is 9.84 Å². The summed E-state index contributed by atoms with van der Waals surface area (Å²) in [6.07, 6.45) is 3.95. The molecule has 25 heavy (non-hydrogen) atoms. The van der Waals surface area contributed by atoms with Crippen LogP contribution < -0.4 is 0 Å². The number of furan rings is 1. The summed E-state index contributed by atoms with van der Waals surface area (Å²) in [6.45, 7) is 8.10. The first-order valence-corrected chi connectivity index (χ1v) is 10.2. The highest BCUT2D eigenvalue weighted by Gasteiger charge is 2.34. The molecule has 0 N–H and O–H groups in total. The second-order valence-corrected chi connectivity index (χ2v) is 8.99. The predicted octanol–water partition coefficient (Wildman–Crippen LogP) is 2.79. The maximum Gasteiger partial charge on any atom is 0.227 e. The number of benzene rings is 1. The lowest BCUT2D eigenvalue weighted by Crippen LogP contribution is -2.42. The van der Waals surface area contributed by atoms with E-state index in [0.717, 1.165) is 27.7 Å². The topological polar surface area (TPSA) is 67.6 Å². The SMILES string of the molecule is C=CCN(C(=O)Cc1coc2cc(C)c(C)cc12)C1CCS(=O)(=O)C1. The number of hydrogen-bond acceptors (Lipinski definition) is 4. The van der Waals surface area contributed by atoms with Gasteiger partial charge in [0.25, 0.3) is 0 Å². The zero-order valence-corrected chi connectivity index (χ0v) is 15.4. The van der Waals surface area contributed by atoms with Crippen LogP contribution >= 0.6 is 0 Å². The van der Waals surface area contributed by atoms with E-state index >= 15 is 0 Å². The molecule has 1 aliphatic heterocycles. The third-order valence-corrected chi connectivity index (χ3v) is 6.66. The zero-order valence-electron chi connectivity index (χ0n) is 14.6. The zero-order chi connectivity index (χ0) is 18.2. The monoisotopic (exact) mass is 361 g/mol. The summed E-state index contributed by atoms with van der Waals surface area (Å²) in [6, 6.07) is 3.75. The number of nitrogens with zero attached hydrogens (tertiary/aromatic N) is 1. The summed E-state index contributed by atoms with van der Waals surface area (Å²) >= 11 is 0. The molecular weight excluding hydrogens is 338 g/mol. The van der Waals surface area contributed by atoms with Gasteiger partial charge in [-0.15, -0.1) is 6.58 Å². The normalized spacial score (nSPS) is 19.2. The minimum absolute atomic E-state index is 0.0387. The second-order valence-electron chi connectivity index (χ2n) is 6.76. The quantitative estimate of drug-likeness (QED) is 0.768. The molecule has 6 heteroatoms. The van der Waals surface area contributed by atoms with Gasteiger partial charge in [0.15, 0.2) is 9.84 Å². The Morgan fingerprint density at radius 2 is 2.08 bits per heavy atom. The van der Waals surface area contributed by atoms with Crippen molar-refractivity contribution in [3.05, 3.63) is 47.7 Å². The van der Waals surface area contributed by atoms with Gasteiger partial charge in [0, 0.05) is 23.5 Å². The highest BCUT2D eigenvalue weighted by Crippen LogP contribution is 2.26. The van der Waals surface area contributed by atoms with Gasteiger partial charge in [-0.05, 0) is 43.5 Å². The van der Waals surface area contributed by atoms with Crippen LogP contribution in [0.5, 0.6) is 0 Å². The van der Waals surface area contributed by atoms with Crippen LogP contribution in [-0.4, -0.2) is 43.3 Å². The lowest BCUT2D eigenvalue weighted by atomic mass is 10.0. The van der Waals surface area contributed by atoms with Crippen molar-refractivity contribution in [2.75, 3.05) is 18.1 Å². The van der Waals surface area contributed by atoms with Crippen LogP contribution in [0, 0.1) is 13.8 Å². The van der Waals surface area contributed by atoms with Crippen LogP contribution in [0.2, 0.25) is 0 Å². The third kappa shape index (κ3) is 3.63. The van der Waals surface area contributed by atoms with Crippen molar-refractivity contribution in [2.45, 2.75) is 32.7 Å². The predicted molar refractivity (Wildman–Crippen MR) is 98.4 cm³/mol. The first kappa shape index (κ1) is 17.7. The molecule has 0 saturated carbocycles. The molecular formula is C19H23NO4S. The van der Waals surface area contributed by atoms with Gasteiger partial charge in [0.1, 0.15) is 5.58 Å². The van der Waals surface area contributed by atoms with E-state index in [-0.39, 0.29) is 29.9 Å². The summed E-state index contributed by atoms with van der Waals surface area (Å²) in [5.74, 6) is 0.0887. The van der Waals surface area contributed by atoms with Gasteiger partial charge in [-0.2, -0.15) is 0 Å². The number of carbonyl (C=O) groups excluding carboxylic acids is 1. The van der Waals surface area contributed by atoms with Crippen molar-refractivity contribution in [3.63, 3.8) is 0 Å². The molecule has 2 heterocycles. The summed E-state index contributed by atoms with van der Waals surface area (Å²) < 4.78 is 29.1. The molecule has 134 valence electrons. The maximum atomic E-state index is 12.8.